The highest BCUT2D eigenvalue weighted by molar-refractivity contribution is 7.14. The molecular weight excluding hydrogens is 386 g/mol. The summed E-state index contributed by atoms with van der Waals surface area (Å²) in [7, 11) is 3.26. The molecule has 1 fully saturated rings. The third-order valence-electron chi connectivity index (χ3n) is 4.92. The highest BCUT2D eigenvalue weighted by atomic mass is 32.1. The normalized spacial score (nSPS) is 13.6. The third-order valence-corrected chi connectivity index (χ3v) is 5.72. The van der Waals surface area contributed by atoms with E-state index >= 15 is 0 Å². The Hall–Kier alpha value is -3.06. The fourth-order valence-corrected chi connectivity index (χ4v) is 4.13. The maximum atomic E-state index is 12.0. The van der Waals surface area contributed by atoms with Crippen molar-refractivity contribution in [3.05, 3.63) is 53.4 Å². The number of rotatable bonds is 7. The van der Waals surface area contributed by atoms with Crippen LogP contribution < -0.4 is 19.7 Å². The minimum Gasteiger partial charge on any atom is -0.493 e. The summed E-state index contributed by atoms with van der Waals surface area (Å²) >= 11 is 1.56. The van der Waals surface area contributed by atoms with Crippen LogP contribution in [-0.4, -0.2) is 31.7 Å². The number of nitrogens with zero attached hydrogens (tertiary/aromatic N) is 2. The Labute approximate surface area is 174 Å². The van der Waals surface area contributed by atoms with Crippen LogP contribution in [0.1, 0.15) is 18.4 Å². The molecule has 0 radical (unpaired) electrons. The first-order valence-corrected chi connectivity index (χ1v) is 10.4. The summed E-state index contributed by atoms with van der Waals surface area (Å²) in [4.78, 5) is 18.6. The molecule has 0 saturated carbocycles. The molecule has 0 aliphatic carbocycles. The number of thiazole rings is 1. The van der Waals surface area contributed by atoms with Crippen molar-refractivity contribution < 1.29 is 14.3 Å². The van der Waals surface area contributed by atoms with Crippen LogP contribution in [0.5, 0.6) is 11.5 Å². The van der Waals surface area contributed by atoms with Crippen molar-refractivity contribution in [2.45, 2.75) is 19.4 Å². The molecular formula is C22H23N3O3S. The van der Waals surface area contributed by atoms with Gasteiger partial charge in [0, 0.05) is 36.1 Å². The van der Waals surface area contributed by atoms with E-state index < -0.39 is 0 Å². The van der Waals surface area contributed by atoms with Crippen molar-refractivity contribution in [1.29, 1.82) is 0 Å². The fourth-order valence-electron chi connectivity index (χ4n) is 3.41. The van der Waals surface area contributed by atoms with Crippen molar-refractivity contribution in [2.75, 3.05) is 31.0 Å². The predicted molar refractivity (Wildman–Crippen MR) is 116 cm³/mol. The second-order valence-corrected chi connectivity index (χ2v) is 7.64. The van der Waals surface area contributed by atoms with Gasteiger partial charge in [0.15, 0.2) is 16.6 Å². The largest absolute Gasteiger partial charge is 0.493 e. The SMILES string of the molecule is COc1ccc(CNc2nc(-c3cccc(N4CCCC4=O)c3)cs2)cc1OC. The zero-order valence-corrected chi connectivity index (χ0v) is 17.3. The monoisotopic (exact) mass is 409 g/mol. The molecule has 2 aromatic carbocycles. The number of anilines is 2. The van der Waals surface area contributed by atoms with Gasteiger partial charge >= 0.3 is 0 Å². The van der Waals surface area contributed by atoms with Gasteiger partial charge in [-0.15, -0.1) is 11.3 Å². The summed E-state index contributed by atoms with van der Waals surface area (Å²) in [6, 6.07) is 13.9. The summed E-state index contributed by atoms with van der Waals surface area (Å²) in [5, 5.41) is 6.24. The Kier molecular flexibility index (Phi) is 5.67. The van der Waals surface area contributed by atoms with Crippen LogP contribution in [0.3, 0.4) is 0 Å². The molecule has 0 spiro atoms. The molecule has 1 aliphatic heterocycles. The number of amides is 1. The number of carbonyl (C=O) groups is 1. The lowest BCUT2D eigenvalue weighted by atomic mass is 10.1. The number of nitrogens with one attached hydrogen (secondary N) is 1. The predicted octanol–water partition coefficient (Wildman–Crippen LogP) is 4.57. The molecule has 2 heterocycles. The zero-order chi connectivity index (χ0) is 20.2. The first kappa shape index (κ1) is 19.3. The Balaban J connectivity index is 1.46. The average Bonchev–Trinajstić information content (AvgIpc) is 3.41. The Morgan fingerprint density at radius 3 is 2.76 bits per heavy atom. The molecule has 4 rings (SSSR count). The Morgan fingerprint density at radius 1 is 1.14 bits per heavy atom. The summed E-state index contributed by atoms with van der Waals surface area (Å²) in [5.41, 5.74) is 3.93. The van der Waals surface area contributed by atoms with Gasteiger partial charge in [-0.05, 0) is 36.2 Å². The van der Waals surface area contributed by atoms with E-state index in [9.17, 15) is 4.79 Å². The lowest BCUT2D eigenvalue weighted by Gasteiger charge is -2.16. The van der Waals surface area contributed by atoms with E-state index in [1.54, 1.807) is 25.6 Å². The van der Waals surface area contributed by atoms with E-state index in [0.29, 0.717) is 24.5 Å². The van der Waals surface area contributed by atoms with Crippen molar-refractivity contribution >= 4 is 28.1 Å². The summed E-state index contributed by atoms with van der Waals surface area (Å²) < 4.78 is 10.6. The van der Waals surface area contributed by atoms with E-state index in [2.05, 4.69) is 5.32 Å². The van der Waals surface area contributed by atoms with E-state index in [1.807, 2.05) is 52.7 Å². The average molecular weight is 410 g/mol. The molecule has 3 aromatic rings. The fraction of sp³-hybridized carbons (Fsp3) is 0.273. The number of carbonyl (C=O) groups excluding carboxylic acids is 1. The third kappa shape index (κ3) is 4.19. The lowest BCUT2D eigenvalue weighted by molar-refractivity contribution is -0.117. The van der Waals surface area contributed by atoms with E-state index in [-0.39, 0.29) is 5.91 Å². The number of methoxy groups -OCH3 is 2. The van der Waals surface area contributed by atoms with Crippen LogP contribution in [-0.2, 0) is 11.3 Å². The van der Waals surface area contributed by atoms with Gasteiger partial charge in [-0.2, -0.15) is 0 Å². The maximum absolute atomic E-state index is 12.0. The molecule has 1 N–H and O–H groups in total. The molecule has 1 aliphatic rings. The minimum absolute atomic E-state index is 0.192. The van der Waals surface area contributed by atoms with Crippen molar-refractivity contribution in [3.63, 3.8) is 0 Å². The molecule has 1 saturated heterocycles. The molecule has 0 atom stereocenters. The maximum Gasteiger partial charge on any atom is 0.227 e. The summed E-state index contributed by atoms with van der Waals surface area (Å²) in [5.74, 6) is 1.61. The van der Waals surface area contributed by atoms with Gasteiger partial charge in [0.25, 0.3) is 0 Å². The molecule has 150 valence electrons. The molecule has 1 amide bonds. The van der Waals surface area contributed by atoms with Crippen LogP contribution in [0, 0.1) is 0 Å². The lowest BCUT2D eigenvalue weighted by Crippen LogP contribution is -2.23. The standard InChI is InChI=1S/C22H23N3O3S/c1-27-19-9-8-15(11-20(19)28-2)13-23-22-24-18(14-29-22)16-5-3-6-17(12-16)25-10-4-7-21(25)26/h3,5-6,8-9,11-12,14H,4,7,10,13H2,1-2H3,(H,23,24). The quantitative estimate of drug-likeness (QED) is 0.619. The van der Waals surface area contributed by atoms with Crippen LogP contribution in [0.15, 0.2) is 47.8 Å². The Bertz CT molecular complexity index is 1020. The number of benzene rings is 2. The molecule has 0 unspecified atom stereocenters. The number of hydrogen-bond acceptors (Lipinski definition) is 6. The first-order chi connectivity index (χ1) is 14.2. The topological polar surface area (TPSA) is 63.7 Å². The smallest absolute Gasteiger partial charge is 0.227 e. The zero-order valence-electron chi connectivity index (χ0n) is 16.5. The summed E-state index contributed by atoms with van der Waals surface area (Å²) in [6.07, 6.45) is 1.55. The van der Waals surface area contributed by atoms with Crippen LogP contribution in [0.2, 0.25) is 0 Å². The summed E-state index contributed by atoms with van der Waals surface area (Å²) in [6.45, 7) is 1.42. The van der Waals surface area contributed by atoms with Crippen LogP contribution >= 0.6 is 11.3 Å². The van der Waals surface area contributed by atoms with Gasteiger partial charge in [-0.3, -0.25) is 4.79 Å². The molecule has 1 aromatic heterocycles. The van der Waals surface area contributed by atoms with E-state index in [0.717, 1.165) is 40.6 Å². The Morgan fingerprint density at radius 2 is 2.00 bits per heavy atom. The van der Waals surface area contributed by atoms with Crippen molar-refractivity contribution in [3.8, 4) is 22.8 Å². The molecule has 29 heavy (non-hydrogen) atoms. The van der Waals surface area contributed by atoms with Crippen LogP contribution in [0.4, 0.5) is 10.8 Å². The van der Waals surface area contributed by atoms with Gasteiger partial charge < -0.3 is 19.7 Å². The molecule has 6 nitrogen and oxygen atoms in total. The second kappa shape index (κ2) is 8.53. The van der Waals surface area contributed by atoms with E-state index in [1.165, 1.54) is 0 Å². The highest BCUT2D eigenvalue weighted by Gasteiger charge is 2.22. The van der Waals surface area contributed by atoms with E-state index in [4.69, 9.17) is 14.5 Å². The van der Waals surface area contributed by atoms with Gasteiger partial charge in [0.05, 0.1) is 19.9 Å². The second-order valence-electron chi connectivity index (χ2n) is 6.78. The van der Waals surface area contributed by atoms with Crippen LogP contribution in [0.25, 0.3) is 11.3 Å². The number of hydrogen-bond donors (Lipinski definition) is 1. The highest BCUT2D eigenvalue weighted by Crippen LogP contribution is 2.31. The number of aromatic nitrogens is 1. The number of ether oxygens (including phenoxy) is 2. The van der Waals surface area contributed by atoms with Gasteiger partial charge in [-0.1, -0.05) is 18.2 Å². The van der Waals surface area contributed by atoms with Crippen molar-refractivity contribution in [1.82, 2.24) is 4.98 Å². The van der Waals surface area contributed by atoms with Crippen molar-refractivity contribution in [2.24, 2.45) is 0 Å². The van der Waals surface area contributed by atoms with Gasteiger partial charge in [0.1, 0.15) is 0 Å². The van der Waals surface area contributed by atoms with Gasteiger partial charge in [-0.25, -0.2) is 4.98 Å². The van der Waals surface area contributed by atoms with Gasteiger partial charge in [0.2, 0.25) is 5.91 Å². The molecule has 0 bridgehead atoms. The minimum atomic E-state index is 0.192. The molecule has 7 heteroatoms. The first-order valence-electron chi connectivity index (χ1n) is 9.49.